The predicted molar refractivity (Wildman–Crippen MR) is 59.7 cm³/mol. The van der Waals surface area contributed by atoms with E-state index in [1.807, 2.05) is 18.2 Å². The van der Waals surface area contributed by atoms with Crippen molar-refractivity contribution in [3.63, 3.8) is 0 Å². The Morgan fingerprint density at radius 2 is 2.21 bits per heavy atom. The van der Waals surface area contributed by atoms with Gasteiger partial charge in [-0.3, -0.25) is 0 Å². The van der Waals surface area contributed by atoms with Crippen molar-refractivity contribution in [3.05, 3.63) is 35.4 Å². The molecule has 0 saturated heterocycles. The van der Waals surface area contributed by atoms with Gasteiger partial charge in [-0.2, -0.15) is 0 Å². The highest BCUT2D eigenvalue weighted by Gasteiger charge is 2.07. The number of aromatic nitrogens is 2. The number of nitrogens with two attached hydrogens (primary N) is 1. The van der Waals surface area contributed by atoms with Crippen LogP contribution in [0.25, 0.3) is 5.57 Å². The van der Waals surface area contributed by atoms with Gasteiger partial charge in [0.15, 0.2) is 0 Å². The van der Waals surface area contributed by atoms with Gasteiger partial charge in [-0.25, -0.2) is 0 Å². The van der Waals surface area contributed by atoms with Crippen molar-refractivity contribution in [3.8, 4) is 0 Å². The zero-order valence-corrected chi connectivity index (χ0v) is 8.66. The minimum Gasteiger partial charge on any atom is -0.374 e. The Balaban J connectivity index is 2.34. The summed E-state index contributed by atoms with van der Waals surface area (Å²) in [4.78, 5) is 0. The fourth-order valence-electron chi connectivity index (χ4n) is 1.29. The number of hydrogen-bond acceptors (Lipinski definition) is 4. The van der Waals surface area contributed by atoms with E-state index in [9.17, 15) is 0 Å². The topological polar surface area (TPSA) is 51.8 Å². The molecule has 1 aromatic heterocycles. The lowest BCUT2D eigenvalue weighted by Gasteiger charge is -1.98. The molecule has 0 saturated carbocycles. The van der Waals surface area contributed by atoms with Crippen LogP contribution in [0.15, 0.2) is 30.4 Å². The van der Waals surface area contributed by atoms with Gasteiger partial charge in [0.1, 0.15) is 5.01 Å². The van der Waals surface area contributed by atoms with Gasteiger partial charge in [0.05, 0.1) is 0 Å². The quantitative estimate of drug-likeness (QED) is 0.765. The van der Waals surface area contributed by atoms with Crippen LogP contribution in [0, 0.1) is 5.92 Å². The van der Waals surface area contributed by atoms with E-state index >= 15 is 0 Å². The first-order chi connectivity index (χ1) is 6.75. The summed E-state index contributed by atoms with van der Waals surface area (Å²) in [6.07, 6.45) is 10.4. The van der Waals surface area contributed by atoms with E-state index in [0.717, 1.165) is 10.6 Å². The Hall–Kier alpha value is -1.42. The third kappa shape index (κ3) is 1.90. The van der Waals surface area contributed by atoms with Crippen molar-refractivity contribution in [2.45, 2.75) is 6.92 Å². The van der Waals surface area contributed by atoms with Crippen LogP contribution in [0.4, 0.5) is 5.13 Å². The summed E-state index contributed by atoms with van der Waals surface area (Å²) < 4.78 is 0. The van der Waals surface area contributed by atoms with Crippen LogP contribution in [0.5, 0.6) is 0 Å². The Morgan fingerprint density at radius 3 is 2.93 bits per heavy atom. The lowest BCUT2D eigenvalue weighted by molar-refractivity contribution is 0.943. The monoisotopic (exact) mass is 205 g/mol. The van der Waals surface area contributed by atoms with E-state index in [4.69, 9.17) is 5.73 Å². The third-order valence-corrected chi connectivity index (χ3v) is 2.73. The molecule has 1 aliphatic rings. The van der Waals surface area contributed by atoms with Crippen LogP contribution in [-0.4, -0.2) is 10.2 Å². The Bertz CT molecular complexity index is 415. The number of nitrogens with zero attached hydrogens (tertiary/aromatic N) is 2. The van der Waals surface area contributed by atoms with E-state index in [2.05, 4.69) is 29.3 Å². The molecule has 1 heterocycles. The highest BCUT2D eigenvalue weighted by Crippen LogP contribution is 2.24. The first kappa shape index (κ1) is 9.15. The largest absolute Gasteiger partial charge is 0.374 e. The van der Waals surface area contributed by atoms with Gasteiger partial charge < -0.3 is 5.73 Å². The smallest absolute Gasteiger partial charge is 0.203 e. The molecule has 0 fully saturated rings. The minimum atomic E-state index is 0.421. The van der Waals surface area contributed by atoms with Crippen molar-refractivity contribution in [1.82, 2.24) is 10.2 Å². The van der Waals surface area contributed by atoms with Crippen molar-refractivity contribution < 1.29 is 0 Å². The fourth-order valence-corrected chi connectivity index (χ4v) is 1.90. The van der Waals surface area contributed by atoms with Gasteiger partial charge >= 0.3 is 0 Å². The van der Waals surface area contributed by atoms with Gasteiger partial charge in [-0.1, -0.05) is 48.6 Å². The molecular weight excluding hydrogens is 194 g/mol. The zero-order chi connectivity index (χ0) is 9.97. The molecule has 4 heteroatoms. The molecule has 0 radical (unpaired) electrons. The van der Waals surface area contributed by atoms with Crippen LogP contribution in [0.3, 0.4) is 0 Å². The van der Waals surface area contributed by atoms with E-state index in [-0.39, 0.29) is 0 Å². The number of hydrogen-bond donors (Lipinski definition) is 1. The van der Waals surface area contributed by atoms with Crippen LogP contribution in [-0.2, 0) is 0 Å². The van der Waals surface area contributed by atoms with Crippen molar-refractivity contribution in [1.29, 1.82) is 0 Å². The Morgan fingerprint density at radius 1 is 1.36 bits per heavy atom. The molecule has 0 aliphatic heterocycles. The van der Waals surface area contributed by atoms with Crippen molar-refractivity contribution in [2.75, 3.05) is 5.73 Å². The number of anilines is 1. The molecule has 2 N–H and O–H groups in total. The van der Waals surface area contributed by atoms with Crippen LogP contribution >= 0.6 is 11.3 Å². The number of nitrogen functional groups attached to an aromatic ring is 1. The van der Waals surface area contributed by atoms with E-state index in [1.165, 1.54) is 11.3 Å². The second-order valence-corrected chi connectivity index (χ2v) is 4.18. The summed E-state index contributed by atoms with van der Waals surface area (Å²) in [5.74, 6) is 0.421. The highest BCUT2D eigenvalue weighted by molar-refractivity contribution is 7.16. The average Bonchev–Trinajstić information content (AvgIpc) is 2.45. The molecule has 1 aliphatic carbocycles. The molecule has 0 amide bonds. The minimum absolute atomic E-state index is 0.421. The predicted octanol–water partition coefficient (Wildman–Crippen LogP) is 2.27. The van der Waals surface area contributed by atoms with Gasteiger partial charge in [-0.05, 0) is 5.92 Å². The standard InChI is InChI=1S/C10H11N3S/c1-7-4-2-3-5-8(6-7)9-12-13-10(11)14-9/h2-7H,1H3,(H2,11,13). The normalized spacial score (nSPS) is 20.6. The molecule has 2 rings (SSSR count). The molecule has 14 heavy (non-hydrogen) atoms. The van der Waals surface area contributed by atoms with Crippen molar-refractivity contribution in [2.24, 2.45) is 5.92 Å². The molecule has 72 valence electrons. The number of allylic oxidation sites excluding steroid dienone is 6. The van der Waals surface area contributed by atoms with E-state index < -0.39 is 0 Å². The zero-order valence-electron chi connectivity index (χ0n) is 7.84. The lowest BCUT2D eigenvalue weighted by atomic mass is 10.1. The Labute approximate surface area is 86.7 Å². The molecular formula is C10H11N3S. The molecule has 1 aromatic rings. The summed E-state index contributed by atoms with van der Waals surface area (Å²) in [7, 11) is 0. The lowest BCUT2D eigenvalue weighted by Crippen LogP contribution is -1.85. The summed E-state index contributed by atoms with van der Waals surface area (Å²) in [6, 6.07) is 0. The molecule has 0 bridgehead atoms. The summed E-state index contributed by atoms with van der Waals surface area (Å²) in [5, 5.41) is 9.21. The molecule has 1 unspecified atom stereocenters. The maximum absolute atomic E-state index is 5.54. The molecule has 3 nitrogen and oxygen atoms in total. The fraction of sp³-hybridized carbons (Fsp3) is 0.200. The SMILES string of the molecule is CC1C=CC=CC(c2nnc(N)s2)=C1. The summed E-state index contributed by atoms with van der Waals surface area (Å²) in [6.45, 7) is 2.13. The second kappa shape index (κ2) is 3.75. The highest BCUT2D eigenvalue weighted by atomic mass is 32.1. The average molecular weight is 205 g/mol. The molecule has 1 atom stereocenters. The first-order valence-electron chi connectivity index (χ1n) is 4.42. The van der Waals surface area contributed by atoms with Gasteiger partial charge in [0, 0.05) is 5.57 Å². The molecule has 0 aromatic carbocycles. The number of rotatable bonds is 1. The maximum Gasteiger partial charge on any atom is 0.203 e. The van der Waals surface area contributed by atoms with Crippen LogP contribution in [0.2, 0.25) is 0 Å². The Kier molecular flexibility index (Phi) is 2.45. The van der Waals surface area contributed by atoms with E-state index in [1.54, 1.807) is 0 Å². The van der Waals surface area contributed by atoms with Crippen molar-refractivity contribution >= 4 is 22.0 Å². The maximum atomic E-state index is 5.54. The van der Waals surface area contributed by atoms with E-state index in [0.29, 0.717) is 11.0 Å². The summed E-state index contributed by atoms with van der Waals surface area (Å²) >= 11 is 1.41. The third-order valence-electron chi connectivity index (χ3n) is 1.93. The summed E-state index contributed by atoms with van der Waals surface area (Å²) in [5.41, 5.74) is 6.63. The molecule has 0 spiro atoms. The van der Waals surface area contributed by atoms with Gasteiger partial charge in [-0.15, -0.1) is 10.2 Å². The van der Waals surface area contributed by atoms with Crippen LogP contribution < -0.4 is 5.73 Å². The first-order valence-corrected chi connectivity index (χ1v) is 5.23. The second-order valence-electron chi connectivity index (χ2n) is 3.17. The van der Waals surface area contributed by atoms with Gasteiger partial charge in [0.2, 0.25) is 5.13 Å². The van der Waals surface area contributed by atoms with Crippen LogP contribution in [0.1, 0.15) is 11.9 Å². The van der Waals surface area contributed by atoms with Gasteiger partial charge in [0.25, 0.3) is 0 Å².